The highest BCUT2D eigenvalue weighted by Crippen LogP contribution is 2.29. The molecule has 1 atom stereocenters. The molecule has 0 fully saturated rings. The Balaban J connectivity index is 2.49. The lowest BCUT2D eigenvalue weighted by Gasteiger charge is -2.16. The minimum absolute atomic E-state index is 0.368. The number of benzene rings is 1. The summed E-state index contributed by atoms with van der Waals surface area (Å²) in [6.45, 7) is 6.99. The molecule has 1 nitrogen and oxygen atoms in total. The number of hydrogen-bond acceptors (Lipinski definition) is 1. The van der Waals surface area contributed by atoms with Crippen LogP contribution in [0.5, 0.6) is 0 Å². The summed E-state index contributed by atoms with van der Waals surface area (Å²) in [6.07, 6.45) is -3.20. The predicted molar refractivity (Wildman–Crippen MR) is 67.2 cm³/mol. The first kappa shape index (κ1) is 15.0. The van der Waals surface area contributed by atoms with Crippen LogP contribution < -0.4 is 5.32 Å². The average Bonchev–Trinajstić information content (AvgIpc) is 2.25. The summed E-state index contributed by atoms with van der Waals surface area (Å²) in [4.78, 5) is 0. The Kier molecular flexibility index (Phi) is 5.20. The second kappa shape index (κ2) is 6.23. The quantitative estimate of drug-likeness (QED) is 0.834. The van der Waals surface area contributed by atoms with E-state index in [1.807, 2.05) is 0 Å². The summed E-state index contributed by atoms with van der Waals surface area (Å²) in [5.74, 6) is 0.611. The molecule has 1 aromatic rings. The van der Waals surface area contributed by atoms with Gasteiger partial charge in [0.2, 0.25) is 0 Å². The highest BCUT2D eigenvalue weighted by Gasteiger charge is 2.29. The van der Waals surface area contributed by atoms with Crippen molar-refractivity contribution >= 4 is 0 Å². The van der Waals surface area contributed by atoms with Crippen LogP contribution in [0.15, 0.2) is 24.3 Å². The molecule has 0 amide bonds. The molecule has 0 spiro atoms. The zero-order valence-corrected chi connectivity index (χ0v) is 11.0. The third-order valence-electron chi connectivity index (χ3n) is 2.76. The van der Waals surface area contributed by atoms with Crippen LogP contribution in [-0.4, -0.2) is 6.04 Å². The molecule has 0 heterocycles. The molecule has 1 N–H and O–H groups in total. The van der Waals surface area contributed by atoms with Crippen molar-refractivity contribution < 1.29 is 13.2 Å². The van der Waals surface area contributed by atoms with E-state index in [0.29, 0.717) is 18.5 Å². The van der Waals surface area contributed by atoms with Crippen LogP contribution in [0.2, 0.25) is 0 Å². The molecule has 0 bridgehead atoms. The van der Waals surface area contributed by atoms with Crippen LogP contribution in [0.1, 0.15) is 38.3 Å². The van der Waals surface area contributed by atoms with Gasteiger partial charge in [0.1, 0.15) is 0 Å². The van der Waals surface area contributed by atoms with Gasteiger partial charge in [0.15, 0.2) is 0 Å². The normalized spacial score (nSPS) is 13.9. The molecule has 1 aromatic carbocycles. The first-order chi connectivity index (χ1) is 8.29. The van der Waals surface area contributed by atoms with Crippen molar-refractivity contribution in [1.82, 2.24) is 5.32 Å². The van der Waals surface area contributed by atoms with Gasteiger partial charge < -0.3 is 5.32 Å². The minimum atomic E-state index is -4.25. The van der Waals surface area contributed by atoms with Crippen molar-refractivity contribution in [2.24, 2.45) is 5.92 Å². The van der Waals surface area contributed by atoms with Crippen LogP contribution >= 0.6 is 0 Å². The SMILES string of the molecule is CC(C)C[C@@H](C)NCc1ccc(C(F)(F)F)cc1. The second-order valence-corrected chi connectivity index (χ2v) is 5.11. The van der Waals surface area contributed by atoms with Crippen LogP contribution in [-0.2, 0) is 12.7 Å². The summed E-state index contributed by atoms with van der Waals surface area (Å²) in [6, 6.07) is 5.68. The van der Waals surface area contributed by atoms with E-state index in [1.54, 1.807) is 0 Å². The van der Waals surface area contributed by atoms with Gasteiger partial charge in [0.25, 0.3) is 0 Å². The van der Waals surface area contributed by atoms with Gasteiger partial charge in [-0.25, -0.2) is 0 Å². The Hall–Kier alpha value is -1.03. The molecule has 18 heavy (non-hydrogen) atoms. The van der Waals surface area contributed by atoms with E-state index in [4.69, 9.17) is 0 Å². The van der Waals surface area contributed by atoms with Crippen molar-refractivity contribution in [2.75, 3.05) is 0 Å². The van der Waals surface area contributed by atoms with E-state index in [1.165, 1.54) is 12.1 Å². The Morgan fingerprint density at radius 2 is 1.61 bits per heavy atom. The van der Waals surface area contributed by atoms with Gasteiger partial charge in [-0.05, 0) is 37.0 Å². The van der Waals surface area contributed by atoms with Crippen molar-refractivity contribution in [3.05, 3.63) is 35.4 Å². The number of nitrogens with one attached hydrogen (secondary N) is 1. The Labute approximate surface area is 106 Å². The maximum atomic E-state index is 12.4. The number of rotatable bonds is 5. The molecule has 102 valence electrons. The fourth-order valence-electron chi connectivity index (χ4n) is 1.89. The van der Waals surface area contributed by atoms with Crippen LogP contribution in [0.4, 0.5) is 13.2 Å². The van der Waals surface area contributed by atoms with Gasteiger partial charge in [-0.1, -0.05) is 26.0 Å². The highest BCUT2D eigenvalue weighted by molar-refractivity contribution is 5.24. The topological polar surface area (TPSA) is 12.0 Å². The molecule has 0 saturated carbocycles. The fraction of sp³-hybridized carbons (Fsp3) is 0.571. The van der Waals surface area contributed by atoms with Gasteiger partial charge in [-0.2, -0.15) is 13.2 Å². The van der Waals surface area contributed by atoms with E-state index in [2.05, 4.69) is 26.1 Å². The molecule has 0 aliphatic rings. The van der Waals surface area contributed by atoms with Crippen molar-refractivity contribution in [3.8, 4) is 0 Å². The molecule has 0 aliphatic heterocycles. The largest absolute Gasteiger partial charge is 0.416 e. The Morgan fingerprint density at radius 1 is 1.06 bits per heavy atom. The second-order valence-electron chi connectivity index (χ2n) is 5.11. The van der Waals surface area contributed by atoms with Crippen molar-refractivity contribution in [2.45, 2.75) is 46.0 Å². The lowest BCUT2D eigenvalue weighted by atomic mass is 10.0. The molecule has 4 heteroatoms. The third-order valence-corrected chi connectivity index (χ3v) is 2.76. The van der Waals surface area contributed by atoms with Crippen LogP contribution in [0.25, 0.3) is 0 Å². The molecule has 0 radical (unpaired) electrons. The number of halogens is 3. The van der Waals surface area contributed by atoms with Gasteiger partial charge in [0, 0.05) is 12.6 Å². The highest BCUT2D eigenvalue weighted by atomic mass is 19.4. The summed E-state index contributed by atoms with van der Waals surface area (Å²) >= 11 is 0. The van der Waals surface area contributed by atoms with E-state index >= 15 is 0 Å². The van der Waals surface area contributed by atoms with Crippen LogP contribution in [0, 0.1) is 5.92 Å². The molecule has 1 rings (SSSR count). The van der Waals surface area contributed by atoms with Crippen molar-refractivity contribution in [3.63, 3.8) is 0 Å². The Bertz CT molecular complexity index is 354. The molecule has 0 aromatic heterocycles. The van der Waals surface area contributed by atoms with E-state index in [-0.39, 0.29) is 0 Å². The first-order valence-corrected chi connectivity index (χ1v) is 6.18. The first-order valence-electron chi connectivity index (χ1n) is 6.18. The maximum absolute atomic E-state index is 12.4. The monoisotopic (exact) mass is 259 g/mol. The average molecular weight is 259 g/mol. The lowest BCUT2D eigenvalue weighted by molar-refractivity contribution is -0.137. The number of alkyl halides is 3. The zero-order valence-electron chi connectivity index (χ0n) is 11.0. The predicted octanol–water partition coefficient (Wildman–Crippen LogP) is 4.23. The summed E-state index contributed by atoms with van der Waals surface area (Å²) in [7, 11) is 0. The molecule has 0 aliphatic carbocycles. The number of hydrogen-bond donors (Lipinski definition) is 1. The standard InChI is InChI=1S/C14H20F3N/c1-10(2)8-11(3)18-9-12-4-6-13(7-5-12)14(15,16)17/h4-7,10-11,18H,8-9H2,1-3H3/t11-/m1/s1. The fourth-order valence-corrected chi connectivity index (χ4v) is 1.89. The van der Waals surface area contributed by atoms with Gasteiger partial charge in [-0.3, -0.25) is 0 Å². The van der Waals surface area contributed by atoms with Gasteiger partial charge >= 0.3 is 6.18 Å². The van der Waals surface area contributed by atoms with E-state index < -0.39 is 11.7 Å². The van der Waals surface area contributed by atoms with Crippen LogP contribution in [0.3, 0.4) is 0 Å². The van der Waals surface area contributed by atoms with Gasteiger partial charge in [0.05, 0.1) is 5.56 Å². The van der Waals surface area contributed by atoms with E-state index in [0.717, 1.165) is 24.1 Å². The zero-order chi connectivity index (χ0) is 13.8. The summed E-state index contributed by atoms with van der Waals surface area (Å²) < 4.78 is 37.1. The molecular formula is C14H20F3N. The molecule has 0 saturated heterocycles. The van der Waals surface area contributed by atoms with Gasteiger partial charge in [-0.15, -0.1) is 0 Å². The smallest absolute Gasteiger partial charge is 0.310 e. The minimum Gasteiger partial charge on any atom is -0.310 e. The Morgan fingerprint density at radius 3 is 2.06 bits per heavy atom. The lowest BCUT2D eigenvalue weighted by Crippen LogP contribution is -2.26. The molecular weight excluding hydrogens is 239 g/mol. The summed E-state index contributed by atoms with van der Waals surface area (Å²) in [5.41, 5.74) is 0.278. The molecule has 0 unspecified atom stereocenters. The third kappa shape index (κ3) is 5.08. The van der Waals surface area contributed by atoms with E-state index in [9.17, 15) is 13.2 Å². The summed E-state index contributed by atoms with van der Waals surface area (Å²) in [5, 5.41) is 3.31. The maximum Gasteiger partial charge on any atom is 0.416 e. The van der Waals surface area contributed by atoms with Crippen molar-refractivity contribution in [1.29, 1.82) is 0 Å².